The van der Waals surface area contributed by atoms with E-state index in [-0.39, 0.29) is 11.9 Å². The number of Topliss-reactive ketones (excluding diaryl/α,β-unsaturated/α-hetero) is 1. The lowest BCUT2D eigenvalue weighted by molar-refractivity contribution is 0.0849. The fourth-order valence-corrected chi connectivity index (χ4v) is 2.43. The molecule has 2 aromatic rings. The third-order valence-corrected chi connectivity index (χ3v) is 3.61. The van der Waals surface area contributed by atoms with Crippen LogP contribution in [0.25, 0.3) is 0 Å². The van der Waals surface area contributed by atoms with Gasteiger partial charge in [-0.25, -0.2) is 0 Å². The summed E-state index contributed by atoms with van der Waals surface area (Å²) >= 11 is 0. The fraction of sp³-hybridized carbons (Fsp3) is 0.235. The number of benzene rings is 2. The molecule has 4 heteroatoms. The third-order valence-electron chi connectivity index (χ3n) is 3.61. The molecule has 108 valence electrons. The summed E-state index contributed by atoms with van der Waals surface area (Å²) in [6.45, 7) is 0. The van der Waals surface area contributed by atoms with Gasteiger partial charge in [0, 0.05) is 0 Å². The van der Waals surface area contributed by atoms with Crippen LogP contribution in [-0.4, -0.2) is 20.0 Å². The molecule has 0 N–H and O–H groups in total. The Balaban J connectivity index is 1.89. The normalized spacial score (nSPS) is 16.9. The maximum atomic E-state index is 12.3. The Hall–Kier alpha value is -2.49. The van der Waals surface area contributed by atoms with Gasteiger partial charge < -0.3 is 14.2 Å². The van der Waals surface area contributed by atoms with E-state index in [1.54, 1.807) is 32.4 Å². The summed E-state index contributed by atoms with van der Waals surface area (Å²) in [7, 11) is 3.20. The van der Waals surface area contributed by atoms with E-state index in [0.29, 0.717) is 23.5 Å². The second kappa shape index (κ2) is 5.48. The summed E-state index contributed by atoms with van der Waals surface area (Å²) in [5.41, 5.74) is 1.55. The predicted octanol–water partition coefficient (Wildman–Crippen LogP) is 3.41. The Morgan fingerprint density at radius 2 is 1.67 bits per heavy atom. The van der Waals surface area contributed by atoms with Crippen LogP contribution in [0.2, 0.25) is 0 Å². The summed E-state index contributed by atoms with van der Waals surface area (Å²) < 4.78 is 16.2. The number of ether oxygens (including phenoxy) is 3. The molecule has 3 rings (SSSR count). The van der Waals surface area contributed by atoms with Crippen molar-refractivity contribution in [1.82, 2.24) is 0 Å². The van der Waals surface area contributed by atoms with E-state index < -0.39 is 0 Å². The SMILES string of the molecule is COc1ccc(C2CC(=O)c3cc(OC)ccc3O2)cc1. The highest BCUT2D eigenvalue weighted by Crippen LogP contribution is 2.36. The van der Waals surface area contributed by atoms with Crippen molar-refractivity contribution in [1.29, 1.82) is 0 Å². The number of methoxy groups -OCH3 is 2. The minimum absolute atomic E-state index is 0.0657. The van der Waals surface area contributed by atoms with Crippen molar-refractivity contribution in [3.8, 4) is 17.2 Å². The second-order valence-electron chi connectivity index (χ2n) is 4.87. The standard InChI is InChI=1S/C17H16O4/c1-19-12-5-3-11(4-6-12)17-10-15(18)14-9-13(20-2)7-8-16(14)21-17/h3-9,17H,10H2,1-2H3. The molecular formula is C17H16O4. The lowest BCUT2D eigenvalue weighted by Crippen LogP contribution is -2.20. The van der Waals surface area contributed by atoms with E-state index in [0.717, 1.165) is 11.3 Å². The molecule has 1 heterocycles. The summed E-state index contributed by atoms with van der Waals surface area (Å²) in [5.74, 6) is 2.11. The van der Waals surface area contributed by atoms with E-state index in [1.165, 1.54) is 0 Å². The number of ketones is 1. The van der Waals surface area contributed by atoms with Gasteiger partial charge in [-0.05, 0) is 35.9 Å². The molecule has 0 amide bonds. The van der Waals surface area contributed by atoms with Crippen molar-refractivity contribution in [3.05, 3.63) is 53.6 Å². The van der Waals surface area contributed by atoms with Gasteiger partial charge in [0.05, 0.1) is 26.2 Å². The van der Waals surface area contributed by atoms with Crippen LogP contribution >= 0.6 is 0 Å². The summed E-state index contributed by atoms with van der Waals surface area (Å²) in [6.07, 6.45) is 0.0660. The van der Waals surface area contributed by atoms with Crippen molar-refractivity contribution in [2.45, 2.75) is 12.5 Å². The van der Waals surface area contributed by atoms with Crippen molar-refractivity contribution in [2.75, 3.05) is 14.2 Å². The molecule has 0 aromatic heterocycles. The van der Waals surface area contributed by atoms with Crippen molar-refractivity contribution >= 4 is 5.78 Å². The van der Waals surface area contributed by atoms with Crippen LogP contribution in [0.5, 0.6) is 17.2 Å². The fourth-order valence-electron chi connectivity index (χ4n) is 2.43. The van der Waals surface area contributed by atoms with Gasteiger partial charge >= 0.3 is 0 Å². The Morgan fingerprint density at radius 1 is 1.00 bits per heavy atom. The van der Waals surface area contributed by atoms with E-state index in [2.05, 4.69) is 0 Å². The third kappa shape index (κ3) is 2.57. The highest BCUT2D eigenvalue weighted by molar-refractivity contribution is 6.00. The van der Waals surface area contributed by atoms with E-state index in [9.17, 15) is 4.79 Å². The van der Waals surface area contributed by atoms with Crippen LogP contribution in [0.4, 0.5) is 0 Å². The van der Waals surface area contributed by atoms with Gasteiger partial charge in [-0.3, -0.25) is 4.79 Å². The van der Waals surface area contributed by atoms with Crippen LogP contribution in [0.15, 0.2) is 42.5 Å². The van der Waals surface area contributed by atoms with Crippen molar-refractivity contribution in [2.24, 2.45) is 0 Å². The van der Waals surface area contributed by atoms with Crippen LogP contribution < -0.4 is 14.2 Å². The molecule has 0 fully saturated rings. The number of rotatable bonds is 3. The van der Waals surface area contributed by atoms with Gasteiger partial charge in [-0.2, -0.15) is 0 Å². The van der Waals surface area contributed by atoms with Crippen molar-refractivity contribution in [3.63, 3.8) is 0 Å². The lowest BCUT2D eigenvalue weighted by atomic mass is 9.96. The molecule has 1 aliphatic rings. The van der Waals surface area contributed by atoms with Crippen LogP contribution in [0.3, 0.4) is 0 Å². The molecule has 1 unspecified atom stereocenters. The average Bonchev–Trinajstić information content (AvgIpc) is 2.54. The molecule has 21 heavy (non-hydrogen) atoms. The first kappa shape index (κ1) is 13.5. The second-order valence-corrected chi connectivity index (χ2v) is 4.87. The first-order valence-corrected chi connectivity index (χ1v) is 6.73. The zero-order valence-electron chi connectivity index (χ0n) is 12.0. The highest BCUT2D eigenvalue weighted by Gasteiger charge is 2.28. The summed E-state index contributed by atoms with van der Waals surface area (Å²) in [5, 5.41) is 0. The number of hydrogen-bond donors (Lipinski definition) is 0. The number of carbonyl (C=O) groups excluding carboxylic acids is 1. The first-order valence-electron chi connectivity index (χ1n) is 6.73. The van der Waals surface area contributed by atoms with Crippen LogP contribution in [0, 0.1) is 0 Å². The number of fused-ring (bicyclic) bond motifs is 1. The van der Waals surface area contributed by atoms with E-state index in [4.69, 9.17) is 14.2 Å². The van der Waals surface area contributed by atoms with E-state index >= 15 is 0 Å². The number of carbonyl (C=O) groups is 1. The topological polar surface area (TPSA) is 44.8 Å². The Labute approximate surface area is 123 Å². The molecule has 0 spiro atoms. The zero-order valence-corrected chi connectivity index (χ0v) is 12.0. The van der Waals surface area contributed by atoms with E-state index in [1.807, 2.05) is 24.3 Å². The molecular weight excluding hydrogens is 268 g/mol. The molecule has 0 saturated carbocycles. The average molecular weight is 284 g/mol. The van der Waals surface area contributed by atoms with Gasteiger partial charge in [0.15, 0.2) is 5.78 Å². The Morgan fingerprint density at radius 3 is 2.33 bits per heavy atom. The molecule has 2 aromatic carbocycles. The monoisotopic (exact) mass is 284 g/mol. The van der Waals surface area contributed by atoms with Crippen LogP contribution in [-0.2, 0) is 0 Å². The lowest BCUT2D eigenvalue weighted by Gasteiger charge is -2.25. The van der Waals surface area contributed by atoms with Gasteiger partial charge in [-0.15, -0.1) is 0 Å². The minimum atomic E-state index is -0.260. The Kier molecular flexibility index (Phi) is 3.52. The summed E-state index contributed by atoms with van der Waals surface area (Å²) in [4.78, 5) is 12.3. The van der Waals surface area contributed by atoms with Gasteiger partial charge in [0.25, 0.3) is 0 Å². The largest absolute Gasteiger partial charge is 0.497 e. The van der Waals surface area contributed by atoms with Gasteiger partial charge in [0.1, 0.15) is 23.4 Å². The van der Waals surface area contributed by atoms with Crippen molar-refractivity contribution < 1.29 is 19.0 Å². The molecule has 1 atom stereocenters. The minimum Gasteiger partial charge on any atom is -0.497 e. The Bertz CT molecular complexity index is 661. The van der Waals surface area contributed by atoms with Crippen LogP contribution in [0.1, 0.15) is 28.4 Å². The molecule has 4 nitrogen and oxygen atoms in total. The maximum Gasteiger partial charge on any atom is 0.170 e. The molecule has 0 bridgehead atoms. The predicted molar refractivity (Wildman–Crippen MR) is 78.3 cm³/mol. The number of hydrogen-bond acceptors (Lipinski definition) is 4. The maximum absolute atomic E-state index is 12.3. The summed E-state index contributed by atoms with van der Waals surface area (Å²) in [6, 6.07) is 12.9. The molecule has 0 radical (unpaired) electrons. The van der Waals surface area contributed by atoms with Gasteiger partial charge in [-0.1, -0.05) is 12.1 Å². The van der Waals surface area contributed by atoms with Gasteiger partial charge in [0.2, 0.25) is 0 Å². The highest BCUT2D eigenvalue weighted by atomic mass is 16.5. The molecule has 0 saturated heterocycles. The molecule has 0 aliphatic carbocycles. The molecule has 1 aliphatic heterocycles. The zero-order chi connectivity index (χ0) is 14.8. The smallest absolute Gasteiger partial charge is 0.170 e. The first-order chi connectivity index (χ1) is 10.2. The quantitative estimate of drug-likeness (QED) is 0.866.